The van der Waals surface area contributed by atoms with Gasteiger partial charge >= 0.3 is 5.97 Å². The summed E-state index contributed by atoms with van der Waals surface area (Å²) in [5, 5.41) is 8.59. The first-order valence-corrected chi connectivity index (χ1v) is 7.88. The van der Waals surface area contributed by atoms with Gasteiger partial charge in [-0.05, 0) is 52.2 Å². The number of ether oxygens (including phenoxy) is 1. The molecule has 122 valence electrons. The maximum atomic E-state index is 12.1. The largest absolute Gasteiger partial charge is 0.455 e. The van der Waals surface area contributed by atoms with Crippen molar-refractivity contribution >= 4 is 17.6 Å². The third-order valence-corrected chi connectivity index (χ3v) is 4.05. The molecule has 2 aromatic heterocycles. The van der Waals surface area contributed by atoms with E-state index < -0.39 is 11.6 Å². The zero-order valence-electron chi connectivity index (χ0n) is 13.6. The Balaban J connectivity index is 1.89. The van der Waals surface area contributed by atoms with E-state index in [1.54, 1.807) is 17.1 Å². The number of halogens is 1. The first-order chi connectivity index (χ1) is 10.7. The molecular formula is C16H19ClN4O2. The van der Waals surface area contributed by atoms with Crippen LogP contribution in [0.25, 0.3) is 0 Å². The number of carbonyl (C=O) groups is 1. The van der Waals surface area contributed by atoms with Gasteiger partial charge in [-0.15, -0.1) is 5.10 Å². The van der Waals surface area contributed by atoms with Crippen LogP contribution in [0.1, 0.15) is 55.2 Å². The zero-order valence-corrected chi connectivity index (χ0v) is 14.4. The van der Waals surface area contributed by atoms with Crippen molar-refractivity contribution in [3.63, 3.8) is 0 Å². The lowest BCUT2D eigenvalue weighted by atomic mass is 10.0. The molecule has 1 saturated carbocycles. The molecule has 2 aromatic rings. The summed E-state index contributed by atoms with van der Waals surface area (Å²) in [6.45, 7) is 7.45. The fourth-order valence-corrected chi connectivity index (χ4v) is 2.86. The van der Waals surface area contributed by atoms with Gasteiger partial charge in [0.25, 0.3) is 0 Å². The minimum atomic E-state index is -0.561. The molecule has 6 nitrogen and oxygen atoms in total. The molecule has 2 heterocycles. The van der Waals surface area contributed by atoms with Crippen molar-refractivity contribution in [2.24, 2.45) is 0 Å². The van der Waals surface area contributed by atoms with E-state index >= 15 is 0 Å². The van der Waals surface area contributed by atoms with Crippen LogP contribution in [0.2, 0.25) is 5.15 Å². The first-order valence-electron chi connectivity index (χ1n) is 7.50. The van der Waals surface area contributed by atoms with Gasteiger partial charge in [-0.3, -0.25) is 0 Å². The highest BCUT2D eigenvalue weighted by molar-refractivity contribution is 6.29. The molecule has 1 aliphatic carbocycles. The van der Waals surface area contributed by atoms with Gasteiger partial charge in [0.15, 0.2) is 5.69 Å². The van der Waals surface area contributed by atoms with E-state index in [0.717, 1.165) is 24.0 Å². The number of nitrogens with zero attached hydrogens (tertiary/aromatic N) is 4. The summed E-state index contributed by atoms with van der Waals surface area (Å²) in [5.74, 6) is -0.467. The Bertz CT molecular complexity index is 760. The summed E-state index contributed by atoms with van der Waals surface area (Å²) in [4.78, 5) is 16.3. The van der Waals surface area contributed by atoms with Crippen molar-refractivity contribution in [2.75, 3.05) is 0 Å². The van der Waals surface area contributed by atoms with Crippen molar-refractivity contribution in [2.45, 2.75) is 51.7 Å². The third-order valence-electron chi connectivity index (χ3n) is 3.84. The maximum absolute atomic E-state index is 12.1. The fraction of sp³-hybridized carbons (Fsp3) is 0.500. The first kappa shape index (κ1) is 15.9. The van der Waals surface area contributed by atoms with E-state index in [9.17, 15) is 4.79 Å². The number of rotatable bonds is 3. The summed E-state index contributed by atoms with van der Waals surface area (Å²) in [6.07, 6.45) is 5.27. The Morgan fingerprint density at radius 1 is 1.39 bits per heavy atom. The molecule has 0 bridgehead atoms. The van der Waals surface area contributed by atoms with E-state index in [0.29, 0.717) is 5.15 Å². The lowest BCUT2D eigenvalue weighted by Gasteiger charge is -2.19. The summed E-state index contributed by atoms with van der Waals surface area (Å²) >= 11 is 5.93. The van der Waals surface area contributed by atoms with Gasteiger partial charge < -0.3 is 4.74 Å². The number of hydrogen-bond acceptors (Lipinski definition) is 5. The standard InChI is InChI=1S/C16H19ClN4O2/c1-10-7-13(17)18-8-11(10)16(5-6-16)21-9-12(19-20-21)14(22)23-15(2,3)4/h7-9H,5-6H2,1-4H3. The number of pyridine rings is 1. The van der Waals surface area contributed by atoms with Crippen molar-refractivity contribution in [3.8, 4) is 0 Å². The minimum absolute atomic E-state index is 0.214. The Hall–Kier alpha value is -1.95. The summed E-state index contributed by atoms with van der Waals surface area (Å²) < 4.78 is 7.07. The number of hydrogen-bond donors (Lipinski definition) is 0. The van der Waals surface area contributed by atoms with E-state index in [1.807, 2.05) is 33.8 Å². The lowest BCUT2D eigenvalue weighted by Crippen LogP contribution is -2.24. The molecular weight excluding hydrogens is 316 g/mol. The predicted molar refractivity (Wildman–Crippen MR) is 85.5 cm³/mol. The van der Waals surface area contributed by atoms with Gasteiger partial charge in [0.05, 0.1) is 11.7 Å². The van der Waals surface area contributed by atoms with E-state index in [-0.39, 0.29) is 11.2 Å². The Morgan fingerprint density at radius 3 is 2.65 bits per heavy atom. The zero-order chi connectivity index (χ0) is 16.8. The molecule has 0 aromatic carbocycles. The Kier molecular flexibility index (Phi) is 3.67. The average molecular weight is 335 g/mol. The second-order valence-corrected chi connectivity index (χ2v) is 7.29. The van der Waals surface area contributed by atoms with E-state index in [2.05, 4.69) is 15.3 Å². The van der Waals surface area contributed by atoms with Crippen molar-refractivity contribution in [1.29, 1.82) is 0 Å². The molecule has 23 heavy (non-hydrogen) atoms. The van der Waals surface area contributed by atoms with Crippen LogP contribution in [0.15, 0.2) is 18.5 Å². The van der Waals surface area contributed by atoms with Gasteiger partial charge in [0.1, 0.15) is 10.8 Å². The highest BCUT2D eigenvalue weighted by atomic mass is 35.5. The number of aryl methyl sites for hydroxylation is 1. The Morgan fingerprint density at radius 2 is 2.09 bits per heavy atom. The molecule has 0 unspecified atom stereocenters. The van der Waals surface area contributed by atoms with Crippen LogP contribution < -0.4 is 0 Å². The molecule has 0 spiro atoms. The summed E-state index contributed by atoms with van der Waals surface area (Å²) in [5.41, 5.74) is 1.48. The van der Waals surface area contributed by atoms with Gasteiger partial charge in [-0.25, -0.2) is 14.5 Å². The molecule has 0 saturated heterocycles. The second-order valence-electron chi connectivity index (χ2n) is 6.90. The molecule has 0 amide bonds. The maximum Gasteiger partial charge on any atom is 0.361 e. The number of carbonyl (C=O) groups excluding carboxylic acids is 1. The molecule has 0 radical (unpaired) electrons. The quantitative estimate of drug-likeness (QED) is 0.637. The molecule has 0 aliphatic heterocycles. The van der Waals surface area contributed by atoms with Crippen LogP contribution in [0.5, 0.6) is 0 Å². The van der Waals surface area contributed by atoms with Crippen molar-refractivity contribution in [1.82, 2.24) is 20.0 Å². The normalized spacial score (nSPS) is 16.2. The van der Waals surface area contributed by atoms with Crippen LogP contribution in [0.4, 0.5) is 0 Å². The van der Waals surface area contributed by atoms with Crippen LogP contribution in [0, 0.1) is 6.92 Å². The van der Waals surface area contributed by atoms with Gasteiger partial charge in [-0.2, -0.15) is 0 Å². The molecule has 0 atom stereocenters. The second kappa shape index (κ2) is 5.30. The molecule has 3 rings (SSSR count). The van der Waals surface area contributed by atoms with Crippen LogP contribution >= 0.6 is 11.6 Å². The van der Waals surface area contributed by atoms with Gasteiger partial charge in [0.2, 0.25) is 0 Å². The fourth-order valence-electron chi connectivity index (χ4n) is 2.65. The smallest absolute Gasteiger partial charge is 0.361 e. The van der Waals surface area contributed by atoms with Gasteiger partial charge in [-0.1, -0.05) is 16.8 Å². The highest BCUT2D eigenvalue weighted by Crippen LogP contribution is 2.49. The number of aromatic nitrogens is 4. The van der Waals surface area contributed by atoms with Crippen LogP contribution in [-0.4, -0.2) is 31.5 Å². The van der Waals surface area contributed by atoms with Crippen LogP contribution in [-0.2, 0) is 10.3 Å². The lowest BCUT2D eigenvalue weighted by molar-refractivity contribution is 0.00627. The molecule has 7 heteroatoms. The summed E-state index contributed by atoms with van der Waals surface area (Å²) in [7, 11) is 0. The highest BCUT2D eigenvalue weighted by Gasteiger charge is 2.49. The van der Waals surface area contributed by atoms with Crippen molar-refractivity contribution < 1.29 is 9.53 Å². The SMILES string of the molecule is Cc1cc(Cl)ncc1C1(n2cc(C(=O)OC(C)(C)C)nn2)CC1. The third kappa shape index (κ3) is 3.08. The van der Waals surface area contributed by atoms with Crippen LogP contribution in [0.3, 0.4) is 0 Å². The molecule has 1 aliphatic rings. The van der Waals surface area contributed by atoms with Crippen molar-refractivity contribution in [3.05, 3.63) is 40.4 Å². The van der Waals surface area contributed by atoms with E-state index in [1.165, 1.54) is 0 Å². The monoisotopic (exact) mass is 334 g/mol. The topological polar surface area (TPSA) is 69.9 Å². The molecule has 1 fully saturated rings. The number of esters is 1. The average Bonchev–Trinajstić information content (AvgIpc) is 3.06. The molecule has 0 N–H and O–H groups in total. The Labute approximate surface area is 139 Å². The van der Waals surface area contributed by atoms with E-state index in [4.69, 9.17) is 16.3 Å². The minimum Gasteiger partial charge on any atom is -0.455 e. The predicted octanol–water partition coefficient (Wildman–Crippen LogP) is 3.13. The van der Waals surface area contributed by atoms with Gasteiger partial charge in [0, 0.05) is 11.8 Å². The summed E-state index contributed by atoms with van der Waals surface area (Å²) in [6, 6.07) is 1.84.